The van der Waals surface area contributed by atoms with Crippen LogP contribution in [-0.4, -0.2) is 4.98 Å². The maximum absolute atomic E-state index is 13.3. The summed E-state index contributed by atoms with van der Waals surface area (Å²) in [4.78, 5) is 3.45. The third-order valence-electron chi connectivity index (χ3n) is 5.06. The van der Waals surface area contributed by atoms with Crippen LogP contribution in [0.15, 0.2) is 36.5 Å². The standard InChI is InChI=1S/C20H23F2N/c1-2-3-14-4-6-15(7-5-14)16-8-10-17(11-9-16)18-12-19(21)20(22)23-13-18/h8-15H,2-7H2,1H3. The normalized spacial score (nSPS) is 21.3. The van der Waals surface area contributed by atoms with Crippen molar-refractivity contribution in [2.45, 2.75) is 51.4 Å². The van der Waals surface area contributed by atoms with Gasteiger partial charge < -0.3 is 0 Å². The van der Waals surface area contributed by atoms with Crippen molar-refractivity contribution in [3.05, 3.63) is 53.9 Å². The van der Waals surface area contributed by atoms with E-state index in [2.05, 4.69) is 24.0 Å². The summed E-state index contributed by atoms with van der Waals surface area (Å²) in [6, 6.07) is 9.43. The molecule has 1 heterocycles. The van der Waals surface area contributed by atoms with Gasteiger partial charge in [-0.25, -0.2) is 9.37 Å². The quantitative estimate of drug-likeness (QED) is 0.621. The molecule has 1 nitrogen and oxygen atoms in total. The summed E-state index contributed by atoms with van der Waals surface area (Å²) in [5.41, 5.74) is 2.85. The largest absolute Gasteiger partial charge is 0.248 e. The van der Waals surface area contributed by atoms with E-state index >= 15 is 0 Å². The monoisotopic (exact) mass is 315 g/mol. The number of hydrogen-bond donors (Lipinski definition) is 0. The van der Waals surface area contributed by atoms with Crippen LogP contribution in [0.25, 0.3) is 11.1 Å². The first-order valence-electron chi connectivity index (χ1n) is 8.58. The molecule has 1 fully saturated rings. The van der Waals surface area contributed by atoms with Crippen LogP contribution in [0.4, 0.5) is 8.78 Å². The molecular weight excluding hydrogens is 292 g/mol. The molecule has 122 valence electrons. The fourth-order valence-electron chi connectivity index (χ4n) is 3.72. The predicted octanol–water partition coefficient (Wildman–Crippen LogP) is 6.10. The van der Waals surface area contributed by atoms with E-state index in [9.17, 15) is 8.78 Å². The topological polar surface area (TPSA) is 12.9 Å². The van der Waals surface area contributed by atoms with E-state index in [1.54, 1.807) is 0 Å². The molecule has 23 heavy (non-hydrogen) atoms. The van der Waals surface area contributed by atoms with Crippen LogP contribution in [0.3, 0.4) is 0 Å². The van der Waals surface area contributed by atoms with Crippen LogP contribution in [0, 0.1) is 17.7 Å². The summed E-state index contributed by atoms with van der Waals surface area (Å²) in [5, 5.41) is 0. The van der Waals surface area contributed by atoms with Gasteiger partial charge in [0.2, 0.25) is 5.95 Å². The first-order chi connectivity index (χ1) is 11.2. The molecule has 0 amide bonds. The zero-order valence-electron chi connectivity index (χ0n) is 13.6. The molecule has 1 aliphatic rings. The molecule has 3 rings (SSSR count). The van der Waals surface area contributed by atoms with E-state index in [4.69, 9.17) is 0 Å². The van der Waals surface area contributed by atoms with Crippen LogP contribution >= 0.6 is 0 Å². The van der Waals surface area contributed by atoms with Gasteiger partial charge in [0, 0.05) is 11.8 Å². The lowest BCUT2D eigenvalue weighted by Crippen LogP contribution is -2.13. The number of benzene rings is 1. The molecule has 0 spiro atoms. The smallest absolute Gasteiger partial charge is 0.225 e. The Morgan fingerprint density at radius 2 is 1.70 bits per heavy atom. The SMILES string of the molecule is CCCC1CCC(c2ccc(-c3cnc(F)c(F)c3)cc2)CC1. The Morgan fingerprint density at radius 1 is 1.00 bits per heavy atom. The van der Waals surface area contributed by atoms with Crippen LogP contribution in [0.1, 0.15) is 56.9 Å². The molecule has 1 saturated carbocycles. The molecule has 0 N–H and O–H groups in total. The van der Waals surface area contributed by atoms with Crippen molar-refractivity contribution < 1.29 is 8.78 Å². The van der Waals surface area contributed by atoms with Crippen molar-refractivity contribution >= 4 is 0 Å². The molecule has 0 atom stereocenters. The van der Waals surface area contributed by atoms with Crippen LogP contribution in [0.2, 0.25) is 0 Å². The van der Waals surface area contributed by atoms with Gasteiger partial charge in [-0.15, -0.1) is 0 Å². The lowest BCUT2D eigenvalue weighted by Gasteiger charge is -2.28. The van der Waals surface area contributed by atoms with Crippen molar-refractivity contribution in [1.29, 1.82) is 0 Å². The highest BCUT2D eigenvalue weighted by molar-refractivity contribution is 5.62. The number of nitrogens with zero attached hydrogens (tertiary/aromatic N) is 1. The van der Waals surface area contributed by atoms with Gasteiger partial charge in [-0.2, -0.15) is 4.39 Å². The van der Waals surface area contributed by atoms with Gasteiger partial charge in [0.1, 0.15) is 0 Å². The van der Waals surface area contributed by atoms with E-state index in [-0.39, 0.29) is 0 Å². The van der Waals surface area contributed by atoms with E-state index in [1.807, 2.05) is 12.1 Å². The first kappa shape index (κ1) is 16.1. The Bertz CT molecular complexity index is 643. The highest BCUT2D eigenvalue weighted by Gasteiger charge is 2.21. The van der Waals surface area contributed by atoms with Crippen molar-refractivity contribution in [3.8, 4) is 11.1 Å². The highest BCUT2D eigenvalue weighted by atomic mass is 19.2. The van der Waals surface area contributed by atoms with Gasteiger partial charge >= 0.3 is 0 Å². The summed E-state index contributed by atoms with van der Waals surface area (Å²) in [7, 11) is 0. The molecule has 3 heteroatoms. The van der Waals surface area contributed by atoms with Gasteiger partial charge in [-0.3, -0.25) is 0 Å². The minimum atomic E-state index is -1.05. The lowest BCUT2D eigenvalue weighted by atomic mass is 9.77. The Hall–Kier alpha value is -1.77. The second-order valence-electron chi connectivity index (χ2n) is 6.62. The van der Waals surface area contributed by atoms with E-state index in [0.717, 1.165) is 11.5 Å². The zero-order chi connectivity index (χ0) is 16.2. The Balaban J connectivity index is 1.69. The van der Waals surface area contributed by atoms with Crippen LogP contribution in [0.5, 0.6) is 0 Å². The van der Waals surface area contributed by atoms with Gasteiger partial charge in [0.15, 0.2) is 5.82 Å². The summed E-state index contributed by atoms with van der Waals surface area (Å²) >= 11 is 0. The predicted molar refractivity (Wildman–Crippen MR) is 89.2 cm³/mol. The van der Waals surface area contributed by atoms with Crippen LogP contribution in [-0.2, 0) is 0 Å². The number of halogens is 2. The third-order valence-corrected chi connectivity index (χ3v) is 5.06. The number of aromatic nitrogens is 1. The third kappa shape index (κ3) is 3.77. The molecule has 2 aromatic rings. The Morgan fingerprint density at radius 3 is 2.30 bits per heavy atom. The molecule has 0 bridgehead atoms. The molecule has 0 radical (unpaired) electrons. The lowest BCUT2D eigenvalue weighted by molar-refractivity contribution is 0.308. The highest BCUT2D eigenvalue weighted by Crippen LogP contribution is 2.37. The zero-order valence-corrected chi connectivity index (χ0v) is 13.6. The van der Waals surface area contributed by atoms with Gasteiger partial charge in [-0.1, -0.05) is 44.0 Å². The van der Waals surface area contributed by atoms with Crippen LogP contribution < -0.4 is 0 Å². The fraction of sp³-hybridized carbons (Fsp3) is 0.450. The second-order valence-corrected chi connectivity index (χ2v) is 6.62. The van der Waals surface area contributed by atoms with Crippen molar-refractivity contribution in [3.63, 3.8) is 0 Å². The molecular formula is C20H23F2N. The van der Waals surface area contributed by atoms with Gasteiger partial charge in [0.05, 0.1) is 0 Å². The molecule has 1 aromatic heterocycles. The molecule has 0 aliphatic heterocycles. The minimum absolute atomic E-state index is 0.613. The summed E-state index contributed by atoms with van der Waals surface area (Å²) in [6.07, 6.45) is 9.19. The van der Waals surface area contributed by atoms with Gasteiger partial charge in [-0.05, 0) is 54.7 Å². The summed E-state index contributed by atoms with van der Waals surface area (Å²) < 4.78 is 26.2. The summed E-state index contributed by atoms with van der Waals surface area (Å²) in [6.45, 7) is 2.26. The van der Waals surface area contributed by atoms with E-state index in [1.165, 1.54) is 56.4 Å². The van der Waals surface area contributed by atoms with Crippen molar-refractivity contribution in [2.24, 2.45) is 5.92 Å². The minimum Gasteiger partial charge on any atom is -0.225 e. The van der Waals surface area contributed by atoms with E-state index < -0.39 is 11.8 Å². The molecule has 1 aromatic carbocycles. The first-order valence-corrected chi connectivity index (χ1v) is 8.58. The maximum atomic E-state index is 13.3. The maximum Gasteiger partial charge on any atom is 0.248 e. The average molecular weight is 315 g/mol. The molecule has 0 saturated heterocycles. The average Bonchev–Trinajstić information content (AvgIpc) is 2.59. The Labute approximate surface area is 136 Å². The molecule has 1 aliphatic carbocycles. The Kier molecular flexibility index (Phi) is 5.04. The number of hydrogen-bond acceptors (Lipinski definition) is 1. The van der Waals surface area contributed by atoms with Gasteiger partial charge in [0.25, 0.3) is 0 Å². The second kappa shape index (κ2) is 7.20. The number of rotatable bonds is 4. The fourth-order valence-corrected chi connectivity index (χ4v) is 3.72. The summed E-state index contributed by atoms with van der Waals surface area (Å²) in [5.74, 6) is -0.404. The van der Waals surface area contributed by atoms with Crippen molar-refractivity contribution in [1.82, 2.24) is 4.98 Å². The van der Waals surface area contributed by atoms with E-state index in [0.29, 0.717) is 11.5 Å². The number of pyridine rings is 1. The van der Waals surface area contributed by atoms with Crippen molar-refractivity contribution in [2.75, 3.05) is 0 Å². The molecule has 0 unspecified atom stereocenters.